The first kappa shape index (κ1) is 11.0. The first-order chi connectivity index (χ1) is 6.72. The van der Waals surface area contributed by atoms with Crippen molar-refractivity contribution in [3.05, 3.63) is 30.3 Å². The monoisotopic (exact) mass is 200 g/mol. The Morgan fingerprint density at radius 1 is 1.50 bits per heavy atom. The van der Waals surface area contributed by atoms with E-state index >= 15 is 0 Å². The molecule has 0 aromatic carbocycles. The van der Waals surface area contributed by atoms with Crippen LogP contribution in [0.15, 0.2) is 24.5 Å². The number of alkyl halides is 1. The average molecular weight is 200 g/mol. The summed E-state index contributed by atoms with van der Waals surface area (Å²) in [5.41, 5.74) is 5.23. The number of halogens is 2. The Balaban J connectivity index is 0.000000140. The summed E-state index contributed by atoms with van der Waals surface area (Å²) in [4.78, 5) is 3.51. The highest BCUT2D eigenvalue weighted by molar-refractivity contribution is 4.92. The molecule has 1 aliphatic carbocycles. The van der Waals surface area contributed by atoms with Crippen molar-refractivity contribution in [2.24, 2.45) is 11.7 Å². The molecular weight excluding hydrogens is 186 g/mol. The van der Waals surface area contributed by atoms with Gasteiger partial charge in [0.15, 0.2) is 0 Å². The Labute approximate surface area is 82.1 Å². The topological polar surface area (TPSA) is 38.9 Å². The van der Waals surface area contributed by atoms with Gasteiger partial charge in [-0.2, -0.15) is 0 Å². The molecule has 2 rings (SSSR count). The van der Waals surface area contributed by atoms with E-state index in [2.05, 4.69) is 4.98 Å². The molecule has 0 amide bonds. The van der Waals surface area contributed by atoms with Crippen LogP contribution in [0.1, 0.15) is 12.8 Å². The molecule has 1 heterocycles. The van der Waals surface area contributed by atoms with Crippen molar-refractivity contribution >= 4 is 0 Å². The predicted molar refractivity (Wildman–Crippen MR) is 50.9 cm³/mol. The molecule has 0 aliphatic heterocycles. The second kappa shape index (κ2) is 5.65. The van der Waals surface area contributed by atoms with E-state index in [4.69, 9.17) is 5.73 Å². The van der Waals surface area contributed by atoms with Crippen molar-refractivity contribution in [3.8, 4) is 0 Å². The lowest BCUT2D eigenvalue weighted by atomic mass is 9.84. The summed E-state index contributed by atoms with van der Waals surface area (Å²) < 4.78 is 23.7. The minimum Gasteiger partial charge on any atom is -0.330 e. The third kappa shape index (κ3) is 3.79. The van der Waals surface area contributed by atoms with Crippen LogP contribution in [-0.2, 0) is 0 Å². The smallest absolute Gasteiger partial charge is 0.141 e. The molecule has 0 spiro atoms. The van der Waals surface area contributed by atoms with Crippen molar-refractivity contribution in [2.45, 2.75) is 19.0 Å². The van der Waals surface area contributed by atoms with Gasteiger partial charge >= 0.3 is 0 Å². The van der Waals surface area contributed by atoms with Gasteiger partial charge in [-0.3, -0.25) is 4.98 Å². The minimum atomic E-state index is -0.534. The van der Waals surface area contributed by atoms with Gasteiger partial charge in [0.05, 0.1) is 6.20 Å². The molecule has 14 heavy (non-hydrogen) atoms. The Bertz CT molecular complexity index is 248. The Hall–Kier alpha value is -1.03. The Morgan fingerprint density at radius 3 is 2.43 bits per heavy atom. The standard InChI is InChI=1S/C5H10FN.C5H4FN/c6-5-1-4(2-5)3-7;6-5-2-1-3-7-4-5/h4-5H,1-3,7H2;1-4H. The quantitative estimate of drug-likeness (QED) is 0.752. The Kier molecular flexibility index (Phi) is 4.46. The van der Waals surface area contributed by atoms with Crippen LogP contribution in [0.4, 0.5) is 8.78 Å². The molecular formula is C10H14F2N2. The van der Waals surface area contributed by atoms with Gasteiger partial charge in [-0.1, -0.05) is 0 Å². The van der Waals surface area contributed by atoms with Crippen molar-refractivity contribution in [1.82, 2.24) is 4.98 Å². The average Bonchev–Trinajstić information content (AvgIpc) is 2.15. The van der Waals surface area contributed by atoms with E-state index in [0.717, 1.165) is 0 Å². The maximum atomic E-state index is 11.9. The van der Waals surface area contributed by atoms with Crippen molar-refractivity contribution in [2.75, 3.05) is 6.54 Å². The molecule has 4 heteroatoms. The van der Waals surface area contributed by atoms with Gasteiger partial charge in [-0.15, -0.1) is 0 Å². The molecule has 0 radical (unpaired) electrons. The lowest BCUT2D eigenvalue weighted by Gasteiger charge is -2.27. The highest BCUT2D eigenvalue weighted by Gasteiger charge is 2.26. The van der Waals surface area contributed by atoms with Crippen LogP contribution >= 0.6 is 0 Å². The van der Waals surface area contributed by atoms with Gasteiger partial charge in [0, 0.05) is 6.20 Å². The molecule has 0 bridgehead atoms. The number of hydrogen-bond donors (Lipinski definition) is 1. The van der Waals surface area contributed by atoms with Gasteiger partial charge in [-0.05, 0) is 37.4 Å². The SMILES string of the molecule is Fc1cccnc1.NCC1CC(F)C1. The van der Waals surface area contributed by atoms with Gasteiger partial charge in [0.2, 0.25) is 0 Å². The Morgan fingerprint density at radius 2 is 2.21 bits per heavy atom. The number of rotatable bonds is 1. The van der Waals surface area contributed by atoms with Crippen molar-refractivity contribution in [1.29, 1.82) is 0 Å². The molecule has 0 unspecified atom stereocenters. The second-order valence-electron chi connectivity index (χ2n) is 3.34. The number of hydrogen-bond acceptors (Lipinski definition) is 2. The highest BCUT2D eigenvalue weighted by atomic mass is 19.1. The first-order valence-corrected chi connectivity index (χ1v) is 4.62. The van der Waals surface area contributed by atoms with Crippen LogP contribution in [-0.4, -0.2) is 17.7 Å². The van der Waals surface area contributed by atoms with E-state index in [0.29, 0.717) is 25.3 Å². The molecule has 2 nitrogen and oxygen atoms in total. The largest absolute Gasteiger partial charge is 0.330 e. The molecule has 1 aromatic heterocycles. The molecule has 0 saturated heterocycles. The van der Waals surface area contributed by atoms with Crippen LogP contribution in [0.5, 0.6) is 0 Å². The second-order valence-corrected chi connectivity index (χ2v) is 3.34. The third-order valence-corrected chi connectivity index (χ3v) is 2.14. The maximum absolute atomic E-state index is 11.9. The fourth-order valence-corrected chi connectivity index (χ4v) is 1.19. The van der Waals surface area contributed by atoms with E-state index in [1.54, 1.807) is 6.07 Å². The van der Waals surface area contributed by atoms with E-state index in [9.17, 15) is 8.78 Å². The third-order valence-electron chi connectivity index (χ3n) is 2.14. The van der Waals surface area contributed by atoms with Gasteiger partial charge in [0.1, 0.15) is 12.0 Å². The summed E-state index contributed by atoms with van der Waals surface area (Å²) in [5.74, 6) is 0.206. The van der Waals surface area contributed by atoms with E-state index < -0.39 is 6.17 Å². The number of nitrogens with two attached hydrogens (primary N) is 1. The van der Waals surface area contributed by atoms with E-state index in [1.165, 1.54) is 18.5 Å². The molecule has 2 N–H and O–H groups in total. The van der Waals surface area contributed by atoms with Crippen LogP contribution in [0.2, 0.25) is 0 Å². The summed E-state index contributed by atoms with van der Waals surface area (Å²) in [6.07, 6.45) is 3.57. The van der Waals surface area contributed by atoms with Gasteiger partial charge < -0.3 is 5.73 Å². The highest BCUT2D eigenvalue weighted by Crippen LogP contribution is 2.28. The minimum absolute atomic E-state index is 0.289. The fourth-order valence-electron chi connectivity index (χ4n) is 1.19. The lowest BCUT2D eigenvalue weighted by molar-refractivity contribution is 0.137. The summed E-state index contributed by atoms with van der Waals surface area (Å²) in [6.45, 7) is 0.667. The molecule has 1 fully saturated rings. The van der Waals surface area contributed by atoms with E-state index in [-0.39, 0.29) is 5.82 Å². The van der Waals surface area contributed by atoms with Gasteiger partial charge in [-0.25, -0.2) is 8.78 Å². The summed E-state index contributed by atoms with van der Waals surface area (Å²) >= 11 is 0. The van der Waals surface area contributed by atoms with Crippen LogP contribution < -0.4 is 5.73 Å². The zero-order valence-corrected chi connectivity index (χ0v) is 7.87. The molecule has 1 aliphatic rings. The number of nitrogens with zero attached hydrogens (tertiary/aromatic N) is 1. The van der Waals surface area contributed by atoms with Crippen molar-refractivity contribution in [3.63, 3.8) is 0 Å². The fraction of sp³-hybridized carbons (Fsp3) is 0.500. The van der Waals surface area contributed by atoms with Gasteiger partial charge in [0.25, 0.3) is 0 Å². The molecule has 0 atom stereocenters. The lowest BCUT2D eigenvalue weighted by Crippen LogP contribution is -2.30. The number of pyridine rings is 1. The van der Waals surface area contributed by atoms with Crippen LogP contribution in [0, 0.1) is 11.7 Å². The number of aromatic nitrogens is 1. The summed E-state index contributed by atoms with van der Waals surface area (Å²) in [5, 5.41) is 0. The molecule has 1 aromatic rings. The predicted octanol–water partition coefficient (Wildman–Crippen LogP) is 1.91. The summed E-state index contributed by atoms with van der Waals surface area (Å²) in [6, 6.07) is 2.91. The zero-order chi connectivity index (χ0) is 10.4. The zero-order valence-electron chi connectivity index (χ0n) is 7.87. The van der Waals surface area contributed by atoms with Crippen LogP contribution in [0.25, 0.3) is 0 Å². The summed E-state index contributed by atoms with van der Waals surface area (Å²) in [7, 11) is 0. The van der Waals surface area contributed by atoms with E-state index in [1.807, 2.05) is 0 Å². The molecule has 1 saturated carbocycles. The first-order valence-electron chi connectivity index (χ1n) is 4.62. The molecule has 78 valence electrons. The van der Waals surface area contributed by atoms with Crippen molar-refractivity contribution < 1.29 is 8.78 Å². The van der Waals surface area contributed by atoms with Crippen LogP contribution in [0.3, 0.4) is 0 Å². The normalized spacial score (nSPS) is 24.5. The maximum Gasteiger partial charge on any atom is 0.141 e.